The van der Waals surface area contributed by atoms with Crippen LogP contribution in [0.15, 0.2) is 54.6 Å². The van der Waals surface area contributed by atoms with Crippen molar-refractivity contribution in [3.63, 3.8) is 0 Å². The van der Waals surface area contributed by atoms with Crippen molar-refractivity contribution in [1.29, 1.82) is 0 Å². The zero-order valence-corrected chi connectivity index (χ0v) is 22.1. The third-order valence-corrected chi connectivity index (χ3v) is 5.79. The van der Waals surface area contributed by atoms with E-state index in [1.54, 1.807) is 0 Å². The molecule has 0 amide bonds. The molecule has 4 heteroatoms. The van der Waals surface area contributed by atoms with Gasteiger partial charge >= 0.3 is 21.7 Å². The van der Waals surface area contributed by atoms with Gasteiger partial charge in [-0.25, -0.2) is 0 Å². The Morgan fingerprint density at radius 3 is 2.00 bits per heavy atom. The van der Waals surface area contributed by atoms with Crippen LogP contribution in [-0.2, 0) is 28.3 Å². The maximum atomic E-state index is 4.55. The largest absolute Gasteiger partial charge is 4.00 e. The number of hydrogen-bond acceptors (Lipinski definition) is 0. The molecule has 3 aromatic carbocycles. The van der Waals surface area contributed by atoms with Crippen LogP contribution in [0.4, 0.5) is 0 Å². The third-order valence-electron chi connectivity index (χ3n) is 4.50. The molecule has 0 spiro atoms. The summed E-state index contributed by atoms with van der Waals surface area (Å²) in [4.78, 5) is 4.55. The fourth-order valence-corrected chi connectivity index (χ4v) is 5.42. The van der Waals surface area contributed by atoms with Crippen molar-refractivity contribution in [2.75, 3.05) is 0 Å². The van der Waals surface area contributed by atoms with E-state index < -0.39 is 8.96 Å². The number of aromatic nitrogens is 1. The van der Waals surface area contributed by atoms with Gasteiger partial charge in [-0.15, -0.1) is 40.6 Å². The quantitative estimate of drug-likeness (QED) is 0.224. The minimum absolute atomic E-state index is 0. The van der Waals surface area contributed by atoms with Crippen LogP contribution in [0, 0.1) is 14.9 Å². The molecule has 4 rings (SSSR count). The van der Waals surface area contributed by atoms with Crippen LogP contribution in [0.25, 0.3) is 37.6 Å². The predicted octanol–water partition coefficient (Wildman–Crippen LogP) is 7.73. The Morgan fingerprint density at radius 2 is 1.48 bits per heavy atom. The minimum Gasteiger partial charge on any atom is -0.663 e. The molecule has 1 heterocycles. The Balaban J connectivity index is 0.000000628. The van der Waals surface area contributed by atoms with Gasteiger partial charge in [0, 0.05) is 12.1 Å². The molecular formula is C25H36N2SiTi. The number of rotatable bonds is 2. The van der Waals surface area contributed by atoms with Crippen LogP contribution in [0.3, 0.4) is 0 Å². The van der Waals surface area contributed by atoms with Gasteiger partial charge in [0.25, 0.3) is 0 Å². The van der Waals surface area contributed by atoms with Crippen molar-refractivity contribution in [3.8, 4) is 0 Å². The van der Waals surface area contributed by atoms with E-state index in [4.69, 9.17) is 0 Å². The van der Waals surface area contributed by atoms with Gasteiger partial charge in [-0.1, -0.05) is 72.5 Å². The summed E-state index contributed by atoms with van der Waals surface area (Å²) < 4.78 is 2.41. The summed E-state index contributed by atoms with van der Waals surface area (Å²) in [6.45, 7) is 14.2. The van der Waals surface area contributed by atoms with E-state index in [0.29, 0.717) is 0 Å². The van der Waals surface area contributed by atoms with Gasteiger partial charge in [-0.3, -0.25) is 0 Å². The zero-order valence-electron chi connectivity index (χ0n) is 19.4. The second kappa shape index (κ2) is 11.2. The van der Waals surface area contributed by atoms with E-state index in [1.807, 2.05) is 0 Å². The number of fused-ring (bicyclic) bond motifs is 5. The zero-order chi connectivity index (χ0) is 18.9. The molecule has 0 saturated carbocycles. The Hall–Kier alpha value is -1.26. The number of nitrogens with zero attached hydrogens (tertiary/aromatic N) is 2. The summed E-state index contributed by atoms with van der Waals surface area (Å²) in [5.74, 6) is 0. The average molecular weight is 441 g/mol. The van der Waals surface area contributed by atoms with Crippen LogP contribution < -0.4 is 0 Å². The van der Waals surface area contributed by atoms with Gasteiger partial charge in [-0.2, -0.15) is 0 Å². The molecule has 0 radical (unpaired) electrons. The Labute approximate surface area is 194 Å². The first-order chi connectivity index (χ1) is 12.3. The van der Waals surface area contributed by atoms with Gasteiger partial charge in [0.15, 0.2) is 0 Å². The van der Waals surface area contributed by atoms with E-state index >= 15 is 0 Å². The molecule has 4 aromatic rings. The molecular weight excluding hydrogens is 404 g/mol. The molecule has 0 aliphatic heterocycles. The maximum absolute atomic E-state index is 4.55. The van der Waals surface area contributed by atoms with Crippen molar-refractivity contribution in [2.24, 2.45) is 0 Å². The standard InChI is InChI=1S/C17H14N.C6H16NSi.2CH3.Ti/c1-2-18-15-10-6-5-9-14(15)17-13-8-4-3-7-12(13)11-16(17)18;1-6(2,3)7-8(4)5;;;/h3-11H,2H2,1H3;8H,1-5H3;2*1H3;/q4*-1;+4. The van der Waals surface area contributed by atoms with Crippen LogP contribution in [0.2, 0.25) is 13.1 Å². The fraction of sp³-hybridized carbons (Fsp3) is 0.320. The molecule has 0 atom stereocenters. The molecule has 29 heavy (non-hydrogen) atoms. The van der Waals surface area contributed by atoms with E-state index in [9.17, 15) is 0 Å². The molecule has 0 aliphatic carbocycles. The molecule has 0 fully saturated rings. The number of para-hydroxylation sites is 1. The minimum atomic E-state index is -0.671. The Morgan fingerprint density at radius 1 is 0.931 bits per heavy atom. The first-order valence-electron chi connectivity index (χ1n) is 9.59. The van der Waals surface area contributed by atoms with Crippen molar-refractivity contribution < 1.29 is 21.7 Å². The third kappa shape index (κ3) is 6.11. The summed E-state index contributed by atoms with van der Waals surface area (Å²) >= 11 is 0. The molecule has 0 bridgehead atoms. The van der Waals surface area contributed by atoms with Crippen LogP contribution in [0.5, 0.6) is 0 Å². The van der Waals surface area contributed by atoms with Crippen molar-refractivity contribution in [2.45, 2.75) is 52.9 Å². The second-order valence-electron chi connectivity index (χ2n) is 8.15. The van der Waals surface area contributed by atoms with Crippen LogP contribution >= 0.6 is 0 Å². The SMILES string of the molecule is CCn1c2ccccc2c2c3ccccc3[cH-]c21.C[SiH](C)[N-]C(C)(C)C.[CH3-].[CH3-].[Ti+4]. The number of benzene rings is 2. The number of hydrogen-bond donors (Lipinski definition) is 0. The molecule has 2 nitrogen and oxygen atoms in total. The van der Waals surface area contributed by atoms with Crippen LogP contribution in [0.1, 0.15) is 27.7 Å². The summed E-state index contributed by atoms with van der Waals surface area (Å²) in [5, 5.41) is 5.49. The van der Waals surface area contributed by atoms with E-state index in [-0.39, 0.29) is 42.1 Å². The second-order valence-corrected chi connectivity index (χ2v) is 10.6. The average Bonchev–Trinajstić information content (AvgIpc) is 3.07. The normalized spacial score (nSPS) is 10.9. The first kappa shape index (κ1) is 27.7. The first-order valence-corrected chi connectivity index (χ1v) is 12.4. The molecule has 0 unspecified atom stereocenters. The molecule has 0 aliphatic rings. The predicted molar refractivity (Wildman–Crippen MR) is 133 cm³/mol. The van der Waals surface area contributed by atoms with Gasteiger partial charge < -0.3 is 24.4 Å². The van der Waals surface area contributed by atoms with Crippen molar-refractivity contribution >= 4 is 41.5 Å². The van der Waals surface area contributed by atoms with Gasteiger partial charge in [0.1, 0.15) is 0 Å². The molecule has 0 N–H and O–H groups in total. The molecule has 154 valence electrons. The maximum Gasteiger partial charge on any atom is 4.00 e. The summed E-state index contributed by atoms with van der Waals surface area (Å²) in [6, 6.07) is 19.7. The van der Waals surface area contributed by atoms with Crippen molar-refractivity contribution in [1.82, 2.24) is 4.57 Å². The van der Waals surface area contributed by atoms with E-state index in [0.717, 1.165) is 6.54 Å². The summed E-state index contributed by atoms with van der Waals surface area (Å²) in [5.41, 5.74) is 2.91. The monoisotopic (exact) mass is 440 g/mol. The summed E-state index contributed by atoms with van der Waals surface area (Å²) in [7, 11) is -0.671. The van der Waals surface area contributed by atoms with Gasteiger partial charge in [0.2, 0.25) is 0 Å². The van der Waals surface area contributed by atoms with Crippen LogP contribution in [-0.4, -0.2) is 19.1 Å². The smallest absolute Gasteiger partial charge is 0.663 e. The van der Waals surface area contributed by atoms with E-state index in [1.165, 1.54) is 32.6 Å². The summed E-state index contributed by atoms with van der Waals surface area (Å²) in [6.07, 6.45) is 0. The Bertz CT molecular complexity index is 1020. The van der Waals surface area contributed by atoms with E-state index in [2.05, 4.69) is 105 Å². The van der Waals surface area contributed by atoms with Gasteiger partial charge in [0.05, 0.1) is 0 Å². The van der Waals surface area contributed by atoms with Crippen molar-refractivity contribution in [3.05, 3.63) is 74.4 Å². The van der Waals surface area contributed by atoms with Gasteiger partial charge in [-0.05, 0) is 23.9 Å². The Kier molecular flexibility index (Phi) is 10.7. The molecule has 1 aromatic heterocycles. The fourth-order valence-electron chi connectivity index (χ4n) is 3.87. The topological polar surface area (TPSA) is 19.0 Å². The number of aryl methyl sites for hydroxylation is 1. The molecule has 0 saturated heterocycles.